The van der Waals surface area contributed by atoms with Crippen molar-refractivity contribution < 1.29 is 28.6 Å². The van der Waals surface area contributed by atoms with E-state index in [-0.39, 0.29) is 31.1 Å². The normalized spacial score (nSPS) is 12.5. The van der Waals surface area contributed by atoms with Gasteiger partial charge < -0.3 is 14.2 Å². The fraction of sp³-hybridized carbons (Fsp3) is 0.764. The number of hydrogen-bond donors (Lipinski definition) is 0. The van der Waals surface area contributed by atoms with Crippen LogP contribution in [0.4, 0.5) is 0 Å². The fourth-order valence-electron chi connectivity index (χ4n) is 7.08. The topological polar surface area (TPSA) is 78.9 Å². The molecule has 61 heavy (non-hydrogen) atoms. The summed E-state index contributed by atoms with van der Waals surface area (Å²) in [6.45, 7) is 6.46. The summed E-state index contributed by atoms with van der Waals surface area (Å²) in [6.07, 6.45) is 60.6. The molecule has 1 unspecified atom stereocenters. The molecule has 0 saturated carbocycles. The number of unbranched alkanes of at least 4 members (excludes halogenated alkanes) is 25. The minimum absolute atomic E-state index is 0.0902. The number of esters is 3. The van der Waals surface area contributed by atoms with Crippen LogP contribution in [0.2, 0.25) is 0 Å². The lowest BCUT2D eigenvalue weighted by atomic mass is 10.1. The second-order valence-electron chi connectivity index (χ2n) is 17.0. The zero-order valence-electron chi connectivity index (χ0n) is 40.2. The summed E-state index contributed by atoms with van der Waals surface area (Å²) in [7, 11) is 0. The summed E-state index contributed by atoms with van der Waals surface area (Å²) >= 11 is 0. The van der Waals surface area contributed by atoms with Crippen LogP contribution in [-0.4, -0.2) is 37.2 Å². The molecule has 0 aromatic rings. The van der Waals surface area contributed by atoms with Gasteiger partial charge in [-0.05, 0) is 96.3 Å². The van der Waals surface area contributed by atoms with Crippen molar-refractivity contribution in [3.8, 4) is 0 Å². The standard InChI is InChI=1S/C55H96O6/c1-4-7-10-13-16-19-22-24-26-27-28-29-31-33-36-39-42-45-48-54(57)60-51-52(50-59-53(56)47-44-41-38-35-32-21-18-15-12-9-6-3)61-55(58)49-46-43-40-37-34-30-25-23-20-17-14-11-8-5-2/h8,11,15,17-18,20,25,28-30,52H,4-7,9-10,12-14,16,19,21-24,26-27,31-51H2,1-3H3/b11-8-,18-15-,20-17-,29-28-,30-25-. The van der Waals surface area contributed by atoms with Crippen LogP contribution in [0.25, 0.3) is 0 Å². The van der Waals surface area contributed by atoms with Crippen LogP contribution in [-0.2, 0) is 28.6 Å². The van der Waals surface area contributed by atoms with E-state index in [0.29, 0.717) is 19.3 Å². The quantitative estimate of drug-likeness (QED) is 0.0263. The molecule has 0 saturated heterocycles. The van der Waals surface area contributed by atoms with Crippen LogP contribution >= 0.6 is 0 Å². The van der Waals surface area contributed by atoms with Crippen LogP contribution < -0.4 is 0 Å². The van der Waals surface area contributed by atoms with Crippen LogP contribution in [0.15, 0.2) is 60.8 Å². The molecule has 0 amide bonds. The van der Waals surface area contributed by atoms with E-state index in [2.05, 4.69) is 81.5 Å². The Bertz CT molecular complexity index is 1120. The Balaban J connectivity index is 4.38. The summed E-state index contributed by atoms with van der Waals surface area (Å²) < 4.78 is 16.7. The van der Waals surface area contributed by atoms with Gasteiger partial charge in [0.2, 0.25) is 0 Å². The summed E-state index contributed by atoms with van der Waals surface area (Å²) in [6, 6.07) is 0. The van der Waals surface area contributed by atoms with Gasteiger partial charge in [0.1, 0.15) is 13.2 Å². The van der Waals surface area contributed by atoms with E-state index in [4.69, 9.17) is 14.2 Å². The Morgan fingerprint density at radius 2 is 0.656 bits per heavy atom. The molecule has 0 aliphatic rings. The highest BCUT2D eigenvalue weighted by molar-refractivity contribution is 5.71. The van der Waals surface area contributed by atoms with Crippen LogP contribution in [0, 0.1) is 0 Å². The third-order valence-corrected chi connectivity index (χ3v) is 11.0. The van der Waals surface area contributed by atoms with E-state index in [1.54, 1.807) is 0 Å². The molecule has 0 spiro atoms. The second kappa shape index (κ2) is 49.8. The number of hydrogen-bond acceptors (Lipinski definition) is 6. The van der Waals surface area contributed by atoms with Gasteiger partial charge in [-0.15, -0.1) is 0 Å². The van der Waals surface area contributed by atoms with Crippen molar-refractivity contribution in [2.75, 3.05) is 13.2 Å². The Kier molecular flexibility index (Phi) is 47.4. The molecule has 0 radical (unpaired) electrons. The van der Waals surface area contributed by atoms with Crippen molar-refractivity contribution >= 4 is 17.9 Å². The highest BCUT2D eigenvalue weighted by Crippen LogP contribution is 2.14. The molecule has 0 aliphatic carbocycles. The van der Waals surface area contributed by atoms with Gasteiger partial charge in [-0.2, -0.15) is 0 Å². The minimum atomic E-state index is -0.791. The number of carbonyl (C=O) groups excluding carboxylic acids is 3. The zero-order valence-corrected chi connectivity index (χ0v) is 40.2. The van der Waals surface area contributed by atoms with Crippen molar-refractivity contribution in [2.45, 2.75) is 258 Å². The van der Waals surface area contributed by atoms with E-state index in [1.807, 2.05) is 0 Å². The van der Waals surface area contributed by atoms with Gasteiger partial charge in [0.05, 0.1) is 0 Å². The maximum absolute atomic E-state index is 12.8. The summed E-state index contributed by atoms with van der Waals surface area (Å²) in [5.74, 6) is -0.928. The number of carbonyl (C=O) groups is 3. The van der Waals surface area contributed by atoms with Crippen LogP contribution in [0.5, 0.6) is 0 Å². The molecule has 1 atom stereocenters. The highest BCUT2D eigenvalue weighted by atomic mass is 16.6. The predicted molar refractivity (Wildman–Crippen MR) is 261 cm³/mol. The summed E-state index contributed by atoms with van der Waals surface area (Å²) in [4.78, 5) is 37.9. The first-order valence-electron chi connectivity index (χ1n) is 25.8. The molecule has 352 valence electrons. The molecule has 0 fully saturated rings. The molecule has 6 nitrogen and oxygen atoms in total. The molecule has 0 rings (SSSR count). The van der Waals surface area contributed by atoms with Gasteiger partial charge in [-0.3, -0.25) is 14.4 Å². The number of ether oxygens (including phenoxy) is 3. The lowest BCUT2D eigenvalue weighted by Crippen LogP contribution is -2.30. The third-order valence-electron chi connectivity index (χ3n) is 11.0. The first-order chi connectivity index (χ1) is 30.0. The highest BCUT2D eigenvalue weighted by Gasteiger charge is 2.19. The SMILES string of the molecule is CC/C=C\C/C=C\C/C=C\CCCCCCC(=O)OC(COC(=O)CCCCCCC/C=C\CCCC)COC(=O)CCCCCCC/C=C\CCCCCCCCCCC. The van der Waals surface area contributed by atoms with Crippen molar-refractivity contribution in [3.63, 3.8) is 0 Å². The third kappa shape index (κ3) is 48.0. The Labute approximate surface area is 377 Å². The molecular formula is C55H96O6. The molecule has 0 aliphatic heterocycles. The largest absolute Gasteiger partial charge is 0.462 e. The zero-order chi connectivity index (χ0) is 44.4. The maximum Gasteiger partial charge on any atom is 0.306 e. The van der Waals surface area contributed by atoms with Gasteiger partial charge in [-0.25, -0.2) is 0 Å². The van der Waals surface area contributed by atoms with Crippen LogP contribution in [0.3, 0.4) is 0 Å². The monoisotopic (exact) mass is 853 g/mol. The fourth-order valence-corrected chi connectivity index (χ4v) is 7.08. The average Bonchev–Trinajstić information content (AvgIpc) is 3.26. The van der Waals surface area contributed by atoms with E-state index in [9.17, 15) is 14.4 Å². The van der Waals surface area contributed by atoms with Crippen molar-refractivity contribution in [3.05, 3.63) is 60.8 Å². The van der Waals surface area contributed by atoms with Crippen LogP contribution in [0.1, 0.15) is 252 Å². The number of allylic oxidation sites excluding steroid dienone is 10. The van der Waals surface area contributed by atoms with Crippen molar-refractivity contribution in [1.82, 2.24) is 0 Å². The van der Waals surface area contributed by atoms with Gasteiger partial charge in [0.15, 0.2) is 6.10 Å². The Hall–Kier alpha value is -2.89. The van der Waals surface area contributed by atoms with Gasteiger partial charge in [0, 0.05) is 19.3 Å². The van der Waals surface area contributed by atoms with E-state index in [1.165, 1.54) is 109 Å². The van der Waals surface area contributed by atoms with Crippen molar-refractivity contribution in [1.29, 1.82) is 0 Å². The predicted octanol–water partition coefficient (Wildman–Crippen LogP) is 16.9. The first kappa shape index (κ1) is 58.1. The van der Waals surface area contributed by atoms with Gasteiger partial charge >= 0.3 is 17.9 Å². The van der Waals surface area contributed by atoms with E-state index >= 15 is 0 Å². The lowest BCUT2D eigenvalue weighted by Gasteiger charge is -2.18. The molecule has 0 heterocycles. The Morgan fingerprint density at radius 1 is 0.344 bits per heavy atom. The van der Waals surface area contributed by atoms with Crippen molar-refractivity contribution in [2.24, 2.45) is 0 Å². The summed E-state index contributed by atoms with van der Waals surface area (Å²) in [5.41, 5.74) is 0. The number of rotatable bonds is 46. The lowest BCUT2D eigenvalue weighted by molar-refractivity contribution is -0.167. The molecule has 0 bridgehead atoms. The molecule has 0 N–H and O–H groups in total. The molecule has 6 heteroatoms. The second-order valence-corrected chi connectivity index (χ2v) is 17.0. The average molecular weight is 853 g/mol. The van der Waals surface area contributed by atoms with Gasteiger partial charge in [0.25, 0.3) is 0 Å². The molecule has 0 aromatic carbocycles. The smallest absolute Gasteiger partial charge is 0.306 e. The summed E-state index contributed by atoms with van der Waals surface area (Å²) in [5, 5.41) is 0. The molecule has 0 aromatic heterocycles. The van der Waals surface area contributed by atoms with E-state index in [0.717, 1.165) is 103 Å². The van der Waals surface area contributed by atoms with Gasteiger partial charge in [-0.1, -0.05) is 197 Å². The first-order valence-corrected chi connectivity index (χ1v) is 25.8. The maximum atomic E-state index is 12.8. The van der Waals surface area contributed by atoms with E-state index < -0.39 is 6.10 Å². The molecular weight excluding hydrogens is 757 g/mol. The minimum Gasteiger partial charge on any atom is -0.462 e. The Morgan fingerprint density at radius 3 is 1.07 bits per heavy atom.